The third-order valence-electron chi connectivity index (χ3n) is 4.97. The number of carbonyl (C=O) groups excluding carboxylic acids is 1. The molecule has 3 heterocycles. The molecule has 2 fully saturated rings. The lowest BCUT2D eigenvalue weighted by Gasteiger charge is -2.34. The molecule has 0 spiro atoms. The lowest BCUT2D eigenvalue weighted by atomic mass is 10.0. The van der Waals surface area contributed by atoms with Crippen LogP contribution in [0.5, 0.6) is 0 Å². The topological polar surface area (TPSA) is 58.8 Å². The molecule has 0 unspecified atom stereocenters. The zero-order valence-corrected chi connectivity index (χ0v) is 14.5. The highest BCUT2D eigenvalue weighted by atomic mass is 35.5. The van der Waals surface area contributed by atoms with Gasteiger partial charge in [-0.05, 0) is 30.9 Å². The number of carbonyl (C=O) groups is 1. The van der Waals surface area contributed by atoms with Gasteiger partial charge in [0.25, 0.3) is 0 Å². The van der Waals surface area contributed by atoms with Crippen molar-refractivity contribution in [2.24, 2.45) is 5.92 Å². The first-order valence-electron chi connectivity index (χ1n) is 8.26. The highest BCUT2D eigenvalue weighted by molar-refractivity contribution is 6.29. The number of hydrogen-bond acceptors (Lipinski definition) is 5. The molecule has 6 nitrogen and oxygen atoms in total. The van der Waals surface area contributed by atoms with Crippen molar-refractivity contribution in [1.29, 1.82) is 0 Å². The van der Waals surface area contributed by atoms with E-state index in [9.17, 15) is 4.79 Å². The maximum absolute atomic E-state index is 12.5. The minimum Gasteiger partial charge on any atom is -0.379 e. The van der Waals surface area contributed by atoms with E-state index in [1.165, 1.54) is 0 Å². The number of likely N-dealkylation sites (tertiary alicyclic amines) is 1. The lowest BCUT2D eigenvalue weighted by Crippen LogP contribution is -2.47. The summed E-state index contributed by atoms with van der Waals surface area (Å²) < 4.78 is 10.4. The summed E-state index contributed by atoms with van der Waals surface area (Å²) in [5.74, 6) is 0.683. The van der Waals surface area contributed by atoms with Gasteiger partial charge < -0.3 is 14.2 Å². The van der Waals surface area contributed by atoms with E-state index in [-0.39, 0.29) is 5.91 Å². The first-order chi connectivity index (χ1) is 11.1. The van der Waals surface area contributed by atoms with Crippen LogP contribution in [0.25, 0.3) is 0 Å². The Morgan fingerprint density at radius 3 is 2.74 bits per heavy atom. The van der Waals surface area contributed by atoms with E-state index in [0.29, 0.717) is 30.0 Å². The summed E-state index contributed by atoms with van der Waals surface area (Å²) in [6, 6.07) is 0.448. The van der Waals surface area contributed by atoms with Crippen LogP contribution in [-0.2, 0) is 16.0 Å². The van der Waals surface area contributed by atoms with Crippen molar-refractivity contribution >= 4 is 17.5 Å². The molecule has 7 heteroatoms. The number of amides is 1. The Morgan fingerprint density at radius 1 is 1.35 bits per heavy atom. The van der Waals surface area contributed by atoms with Gasteiger partial charge in [-0.2, -0.15) is 0 Å². The largest absolute Gasteiger partial charge is 0.379 e. The van der Waals surface area contributed by atoms with Crippen molar-refractivity contribution < 1.29 is 14.1 Å². The van der Waals surface area contributed by atoms with Gasteiger partial charge in [0.15, 0.2) is 0 Å². The number of aromatic nitrogens is 1. The molecule has 0 aromatic carbocycles. The summed E-state index contributed by atoms with van der Waals surface area (Å²) in [6.07, 6.45) is 1.03. The van der Waals surface area contributed by atoms with Crippen molar-refractivity contribution in [1.82, 2.24) is 15.0 Å². The van der Waals surface area contributed by atoms with Crippen molar-refractivity contribution in [3.63, 3.8) is 0 Å². The molecule has 128 valence electrons. The monoisotopic (exact) mass is 341 g/mol. The normalized spacial score (nSPS) is 26.0. The second kappa shape index (κ2) is 7.20. The van der Waals surface area contributed by atoms with E-state index in [1.54, 1.807) is 0 Å². The van der Waals surface area contributed by atoms with Crippen LogP contribution < -0.4 is 0 Å². The second-order valence-corrected chi connectivity index (χ2v) is 6.86. The fourth-order valence-electron chi connectivity index (χ4n) is 3.57. The van der Waals surface area contributed by atoms with E-state index in [0.717, 1.165) is 50.7 Å². The number of ether oxygens (including phenoxy) is 1. The Balaban J connectivity index is 1.54. The molecule has 0 aliphatic carbocycles. The third-order valence-corrected chi connectivity index (χ3v) is 5.26. The first-order valence-corrected chi connectivity index (χ1v) is 8.64. The summed E-state index contributed by atoms with van der Waals surface area (Å²) >= 11 is 5.96. The van der Waals surface area contributed by atoms with Crippen molar-refractivity contribution in [2.45, 2.75) is 32.7 Å². The minimum absolute atomic E-state index is 0.185. The van der Waals surface area contributed by atoms with Crippen LogP contribution >= 0.6 is 11.6 Å². The van der Waals surface area contributed by atoms with Gasteiger partial charge in [0.05, 0.1) is 18.9 Å². The average molecular weight is 342 g/mol. The van der Waals surface area contributed by atoms with E-state index >= 15 is 0 Å². The number of aryl methyl sites for hydroxylation is 1. The molecule has 1 aromatic heterocycles. The predicted octanol–water partition coefficient (Wildman–Crippen LogP) is 1.75. The zero-order valence-electron chi connectivity index (χ0n) is 13.8. The Labute approximate surface area is 141 Å². The Bertz CT molecular complexity index is 537. The van der Waals surface area contributed by atoms with Crippen LogP contribution in [0.3, 0.4) is 0 Å². The van der Waals surface area contributed by atoms with E-state index in [1.807, 2.05) is 11.8 Å². The number of hydrogen-bond donors (Lipinski definition) is 0. The molecule has 1 amide bonds. The number of rotatable bonds is 4. The molecule has 0 saturated carbocycles. The van der Waals surface area contributed by atoms with Crippen LogP contribution in [-0.4, -0.2) is 66.3 Å². The van der Waals surface area contributed by atoms with Gasteiger partial charge in [-0.25, -0.2) is 0 Å². The maximum atomic E-state index is 12.5. The van der Waals surface area contributed by atoms with Crippen LogP contribution in [0.4, 0.5) is 0 Å². The maximum Gasteiger partial charge on any atom is 0.229 e. The minimum atomic E-state index is 0.185. The number of halogens is 1. The molecule has 0 N–H and O–H groups in total. The molecule has 2 aliphatic rings. The Morgan fingerprint density at radius 2 is 2.09 bits per heavy atom. The van der Waals surface area contributed by atoms with E-state index in [2.05, 4.69) is 17.0 Å². The van der Waals surface area contributed by atoms with Gasteiger partial charge in [-0.15, -0.1) is 0 Å². The summed E-state index contributed by atoms with van der Waals surface area (Å²) in [6.45, 7) is 9.24. The quantitative estimate of drug-likeness (QED) is 0.835. The molecular formula is C16H24ClN3O3. The SMILES string of the molecule is Cc1noc(Cl)c1CCC(=O)N1C[C@@H](C)[C@H](N2CCOCC2)C1. The summed E-state index contributed by atoms with van der Waals surface area (Å²) in [5, 5.41) is 4.13. The van der Waals surface area contributed by atoms with Crippen LogP contribution in [0.2, 0.25) is 5.22 Å². The zero-order chi connectivity index (χ0) is 16.4. The van der Waals surface area contributed by atoms with Gasteiger partial charge in [0.1, 0.15) is 0 Å². The summed E-state index contributed by atoms with van der Waals surface area (Å²) in [5.41, 5.74) is 1.61. The molecule has 2 aliphatic heterocycles. The van der Waals surface area contributed by atoms with Gasteiger partial charge in [0.2, 0.25) is 11.1 Å². The molecule has 0 radical (unpaired) electrons. The molecule has 0 bridgehead atoms. The Hall–Kier alpha value is -1.11. The third kappa shape index (κ3) is 3.70. The predicted molar refractivity (Wildman–Crippen MR) is 86.5 cm³/mol. The highest BCUT2D eigenvalue weighted by Crippen LogP contribution is 2.25. The summed E-state index contributed by atoms with van der Waals surface area (Å²) in [4.78, 5) is 17.0. The number of morpholine rings is 1. The fraction of sp³-hybridized carbons (Fsp3) is 0.750. The smallest absolute Gasteiger partial charge is 0.229 e. The molecular weight excluding hydrogens is 318 g/mol. The molecule has 23 heavy (non-hydrogen) atoms. The second-order valence-electron chi connectivity index (χ2n) is 6.51. The standard InChI is InChI=1S/C16H24ClN3O3/c1-11-9-20(10-14(11)19-5-7-22-8-6-19)15(21)4-3-13-12(2)18-23-16(13)17/h11,14H,3-10H2,1-2H3/t11-,14-/m1/s1. The van der Waals surface area contributed by atoms with Crippen molar-refractivity contribution in [3.05, 3.63) is 16.5 Å². The summed E-state index contributed by atoms with van der Waals surface area (Å²) in [7, 11) is 0. The van der Waals surface area contributed by atoms with Crippen LogP contribution in [0.1, 0.15) is 24.6 Å². The lowest BCUT2D eigenvalue weighted by molar-refractivity contribution is -0.130. The van der Waals surface area contributed by atoms with Gasteiger partial charge in [-0.1, -0.05) is 12.1 Å². The Kier molecular flexibility index (Phi) is 5.24. The average Bonchev–Trinajstić information content (AvgIpc) is 3.09. The van der Waals surface area contributed by atoms with Crippen LogP contribution in [0.15, 0.2) is 4.52 Å². The van der Waals surface area contributed by atoms with Gasteiger partial charge in [-0.3, -0.25) is 9.69 Å². The highest BCUT2D eigenvalue weighted by Gasteiger charge is 2.36. The van der Waals surface area contributed by atoms with E-state index in [4.69, 9.17) is 20.9 Å². The molecule has 2 saturated heterocycles. The molecule has 3 rings (SSSR count). The van der Waals surface area contributed by atoms with Crippen molar-refractivity contribution in [3.8, 4) is 0 Å². The fourth-order valence-corrected chi connectivity index (χ4v) is 3.83. The molecule has 1 aromatic rings. The first kappa shape index (κ1) is 16.7. The van der Waals surface area contributed by atoms with Gasteiger partial charge in [0, 0.05) is 44.2 Å². The molecule has 2 atom stereocenters. The van der Waals surface area contributed by atoms with Crippen molar-refractivity contribution in [2.75, 3.05) is 39.4 Å². The van der Waals surface area contributed by atoms with Gasteiger partial charge >= 0.3 is 0 Å². The van der Waals surface area contributed by atoms with Crippen LogP contribution in [0, 0.1) is 12.8 Å². The van der Waals surface area contributed by atoms with E-state index < -0.39 is 0 Å². The number of nitrogens with zero attached hydrogens (tertiary/aromatic N) is 3.